The van der Waals surface area contributed by atoms with Crippen molar-refractivity contribution in [3.63, 3.8) is 0 Å². The van der Waals surface area contributed by atoms with Gasteiger partial charge in [-0.15, -0.1) is 0 Å². The van der Waals surface area contributed by atoms with Crippen LogP contribution in [0.1, 0.15) is 31.7 Å². The van der Waals surface area contributed by atoms with Crippen molar-refractivity contribution in [2.45, 2.75) is 38.7 Å². The number of fused-ring (bicyclic) bond motifs is 1. The molecule has 0 bridgehead atoms. The minimum absolute atomic E-state index is 0.0863. The molecule has 0 aliphatic carbocycles. The van der Waals surface area contributed by atoms with Gasteiger partial charge in [0.05, 0.1) is 0 Å². The highest BCUT2D eigenvalue weighted by Gasteiger charge is 2.23. The van der Waals surface area contributed by atoms with E-state index in [9.17, 15) is 4.39 Å². The molecule has 0 radical (unpaired) electrons. The van der Waals surface area contributed by atoms with E-state index in [1.165, 1.54) is 6.07 Å². The molecule has 0 spiro atoms. The fraction of sp³-hybridized carbons (Fsp3) is 0.625. The van der Waals surface area contributed by atoms with Gasteiger partial charge in [0.15, 0.2) is 0 Å². The van der Waals surface area contributed by atoms with E-state index in [-0.39, 0.29) is 18.5 Å². The molecule has 4 heteroatoms. The summed E-state index contributed by atoms with van der Waals surface area (Å²) in [4.78, 5) is 0. The van der Waals surface area contributed by atoms with Crippen LogP contribution in [0.3, 0.4) is 0 Å². The number of hydrogen-bond donors (Lipinski definition) is 2. The Morgan fingerprint density at radius 1 is 1.45 bits per heavy atom. The SMILES string of the molecule is CCCC(CCO)CNCC1Cc2cc(F)ccc2O1. The average molecular weight is 281 g/mol. The van der Waals surface area contributed by atoms with Crippen LogP contribution in [0.15, 0.2) is 18.2 Å². The molecule has 0 fully saturated rings. The van der Waals surface area contributed by atoms with Crippen molar-refractivity contribution in [3.05, 3.63) is 29.6 Å². The van der Waals surface area contributed by atoms with Gasteiger partial charge in [0, 0.05) is 25.1 Å². The van der Waals surface area contributed by atoms with Crippen LogP contribution >= 0.6 is 0 Å². The number of benzene rings is 1. The van der Waals surface area contributed by atoms with E-state index in [0.717, 1.165) is 50.1 Å². The summed E-state index contributed by atoms with van der Waals surface area (Å²) in [6, 6.07) is 4.70. The lowest BCUT2D eigenvalue weighted by atomic mass is 10.00. The molecule has 1 heterocycles. The van der Waals surface area contributed by atoms with E-state index in [0.29, 0.717) is 5.92 Å². The maximum Gasteiger partial charge on any atom is 0.123 e. The maximum atomic E-state index is 13.1. The van der Waals surface area contributed by atoms with Gasteiger partial charge in [-0.1, -0.05) is 13.3 Å². The van der Waals surface area contributed by atoms with E-state index in [2.05, 4.69) is 12.2 Å². The van der Waals surface area contributed by atoms with E-state index in [4.69, 9.17) is 9.84 Å². The highest BCUT2D eigenvalue weighted by molar-refractivity contribution is 5.37. The van der Waals surface area contributed by atoms with Crippen molar-refractivity contribution in [1.82, 2.24) is 5.32 Å². The summed E-state index contributed by atoms with van der Waals surface area (Å²) in [5, 5.41) is 12.4. The Kier molecular flexibility index (Phi) is 5.80. The molecular formula is C16H24FNO2. The summed E-state index contributed by atoms with van der Waals surface area (Å²) < 4.78 is 18.9. The Hall–Kier alpha value is -1.13. The summed E-state index contributed by atoms with van der Waals surface area (Å²) in [6.07, 6.45) is 3.96. The third-order valence-corrected chi connectivity index (χ3v) is 3.80. The molecule has 112 valence electrons. The molecule has 0 saturated carbocycles. The van der Waals surface area contributed by atoms with Gasteiger partial charge in [-0.05, 0) is 43.5 Å². The molecule has 3 nitrogen and oxygen atoms in total. The van der Waals surface area contributed by atoms with Crippen molar-refractivity contribution in [3.8, 4) is 5.75 Å². The second-order valence-corrected chi connectivity index (χ2v) is 5.52. The Morgan fingerprint density at radius 3 is 3.05 bits per heavy atom. The first-order valence-electron chi connectivity index (χ1n) is 7.49. The van der Waals surface area contributed by atoms with Crippen molar-refractivity contribution < 1.29 is 14.2 Å². The second kappa shape index (κ2) is 7.60. The van der Waals surface area contributed by atoms with Crippen molar-refractivity contribution >= 4 is 0 Å². The molecular weight excluding hydrogens is 257 g/mol. The largest absolute Gasteiger partial charge is 0.488 e. The summed E-state index contributed by atoms with van der Waals surface area (Å²) in [7, 11) is 0. The monoisotopic (exact) mass is 281 g/mol. The highest BCUT2D eigenvalue weighted by atomic mass is 19.1. The molecule has 1 aromatic carbocycles. The number of hydrogen-bond acceptors (Lipinski definition) is 3. The number of nitrogens with one attached hydrogen (secondary N) is 1. The predicted octanol–water partition coefficient (Wildman–Crippen LogP) is 2.52. The fourth-order valence-electron chi connectivity index (χ4n) is 2.79. The zero-order valence-electron chi connectivity index (χ0n) is 12.1. The molecule has 20 heavy (non-hydrogen) atoms. The summed E-state index contributed by atoms with van der Waals surface area (Å²) in [5.41, 5.74) is 0.956. The third kappa shape index (κ3) is 4.18. The molecule has 0 aromatic heterocycles. The Bertz CT molecular complexity index is 419. The molecule has 2 atom stereocenters. The number of halogens is 1. The minimum Gasteiger partial charge on any atom is -0.488 e. The van der Waals surface area contributed by atoms with Gasteiger partial charge >= 0.3 is 0 Å². The Morgan fingerprint density at radius 2 is 2.30 bits per heavy atom. The van der Waals surface area contributed by atoms with Crippen LogP contribution in [0.25, 0.3) is 0 Å². The van der Waals surface area contributed by atoms with E-state index in [1.807, 2.05) is 0 Å². The van der Waals surface area contributed by atoms with Crippen molar-refractivity contribution in [2.24, 2.45) is 5.92 Å². The molecule has 1 aliphatic rings. The average Bonchev–Trinajstić information content (AvgIpc) is 2.81. The summed E-state index contributed by atoms with van der Waals surface area (Å²) in [6.45, 7) is 4.08. The standard InChI is InChI=1S/C16H24FNO2/c1-2-3-12(6-7-19)10-18-11-15-9-13-8-14(17)4-5-16(13)20-15/h4-5,8,12,15,18-19H,2-3,6-7,9-11H2,1H3. The molecule has 2 N–H and O–H groups in total. The predicted molar refractivity (Wildman–Crippen MR) is 77.5 cm³/mol. The zero-order chi connectivity index (χ0) is 14.4. The number of ether oxygens (including phenoxy) is 1. The van der Waals surface area contributed by atoms with Crippen molar-refractivity contribution in [1.29, 1.82) is 0 Å². The molecule has 0 amide bonds. The van der Waals surface area contributed by atoms with Crippen LogP contribution in [0.4, 0.5) is 4.39 Å². The van der Waals surface area contributed by atoms with Crippen LogP contribution in [-0.4, -0.2) is 30.9 Å². The third-order valence-electron chi connectivity index (χ3n) is 3.80. The zero-order valence-corrected chi connectivity index (χ0v) is 12.1. The molecule has 1 aromatic rings. The molecule has 1 aliphatic heterocycles. The van der Waals surface area contributed by atoms with E-state index in [1.54, 1.807) is 12.1 Å². The Balaban J connectivity index is 1.74. The first-order chi connectivity index (χ1) is 9.72. The van der Waals surface area contributed by atoms with Crippen LogP contribution in [-0.2, 0) is 6.42 Å². The molecule has 2 rings (SSSR count). The van der Waals surface area contributed by atoms with Gasteiger partial charge in [0.1, 0.15) is 17.7 Å². The van der Waals surface area contributed by atoms with Gasteiger partial charge in [0.2, 0.25) is 0 Å². The summed E-state index contributed by atoms with van der Waals surface area (Å²) in [5.74, 6) is 1.12. The molecule has 0 saturated heterocycles. The van der Waals surface area contributed by atoms with Gasteiger partial charge in [-0.3, -0.25) is 0 Å². The van der Waals surface area contributed by atoms with E-state index >= 15 is 0 Å². The number of aliphatic hydroxyl groups excluding tert-OH is 1. The lowest BCUT2D eigenvalue weighted by Crippen LogP contribution is -2.33. The lowest BCUT2D eigenvalue weighted by Gasteiger charge is -2.17. The van der Waals surface area contributed by atoms with Gasteiger partial charge in [-0.2, -0.15) is 0 Å². The van der Waals surface area contributed by atoms with Crippen LogP contribution in [0.5, 0.6) is 5.75 Å². The fourth-order valence-corrected chi connectivity index (χ4v) is 2.79. The van der Waals surface area contributed by atoms with Crippen LogP contribution in [0, 0.1) is 11.7 Å². The minimum atomic E-state index is -0.202. The topological polar surface area (TPSA) is 41.5 Å². The van der Waals surface area contributed by atoms with Gasteiger partial charge in [0.25, 0.3) is 0 Å². The smallest absolute Gasteiger partial charge is 0.123 e. The first kappa shape index (κ1) is 15.3. The van der Waals surface area contributed by atoms with Gasteiger partial charge in [-0.25, -0.2) is 4.39 Å². The lowest BCUT2D eigenvalue weighted by molar-refractivity contribution is 0.215. The maximum absolute atomic E-state index is 13.1. The normalized spacial score (nSPS) is 18.6. The van der Waals surface area contributed by atoms with Gasteiger partial charge < -0.3 is 15.2 Å². The number of rotatable bonds is 8. The second-order valence-electron chi connectivity index (χ2n) is 5.52. The van der Waals surface area contributed by atoms with Crippen LogP contribution in [0.2, 0.25) is 0 Å². The van der Waals surface area contributed by atoms with E-state index < -0.39 is 0 Å². The highest BCUT2D eigenvalue weighted by Crippen LogP contribution is 2.28. The first-order valence-corrected chi connectivity index (χ1v) is 7.49. The Labute approximate surface area is 120 Å². The molecule has 2 unspecified atom stereocenters. The number of aliphatic hydroxyl groups is 1. The van der Waals surface area contributed by atoms with Crippen LogP contribution < -0.4 is 10.1 Å². The van der Waals surface area contributed by atoms with Crippen molar-refractivity contribution in [2.75, 3.05) is 19.7 Å². The quantitative estimate of drug-likeness (QED) is 0.769. The summed E-state index contributed by atoms with van der Waals surface area (Å²) >= 11 is 0.